The number of ether oxygens (including phenoxy) is 7. The highest BCUT2D eigenvalue weighted by Crippen LogP contribution is 2.47. The lowest BCUT2D eigenvalue weighted by Gasteiger charge is -2.44. The highest BCUT2D eigenvalue weighted by atomic mass is 16.7. The number of hydrogen-bond acceptors (Lipinski definition) is 10. The predicted octanol–water partition coefficient (Wildman–Crippen LogP) is 3.98. The van der Waals surface area contributed by atoms with Crippen LogP contribution in [0.15, 0.2) is 78.9 Å². The van der Waals surface area contributed by atoms with Crippen molar-refractivity contribution in [2.75, 3.05) is 85.7 Å². The van der Waals surface area contributed by atoms with Crippen molar-refractivity contribution in [1.82, 2.24) is 4.90 Å². The molecule has 2 saturated heterocycles. The largest absolute Gasteiger partial charge is 0.392 e. The fourth-order valence-electron chi connectivity index (χ4n) is 5.89. The molecule has 2 heterocycles. The molecule has 2 aliphatic heterocycles. The highest BCUT2D eigenvalue weighted by molar-refractivity contribution is 5.32. The van der Waals surface area contributed by atoms with Crippen LogP contribution in [0.1, 0.15) is 46.1 Å². The minimum atomic E-state index is -0.583. The molecule has 2 fully saturated rings. The van der Waals surface area contributed by atoms with E-state index in [2.05, 4.69) is 41.3 Å². The average molecular weight is 651 g/mol. The Hall–Kier alpha value is -2.74. The van der Waals surface area contributed by atoms with Crippen molar-refractivity contribution < 1.29 is 38.3 Å². The molecule has 256 valence electrons. The van der Waals surface area contributed by atoms with Crippen LogP contribution in [0, 0.1) is 0 Å². The van der Waals surface area contributed by atoms with Crippen molar-refractivity contribution in [3.05, 3.63) is 107 Å². The summed E-state index contributed by atoms with van der Waals surface area (Å²) in [5.41, 5.74) is 10.9. The smallest absolute Gasteiger partial charge is 0.184 e. The second-order valence-electron chi connectivity index (χ2n) is 11.7. The topological polar surface area (TPSA) is 114 Å². The van der Waals surface area contributed by atoms with Gasteiger partial charge in [-0.3, -0.25) is 4.90 Å². The van der Waals surface area contributed by atoms with Crippen LogP contribution in [-0.2, 0) is 46.3 Å². The number of rotatable bonds is 7. The maximum absolute atomic E-state index is 9.71. The Morgan fingerprint density at radius 3 is 1.62 bits per heavy atom. The van der Waals surface area contributed by atoms with Gasteiger partial charge in [0.15, 0.2) is 6.29 Å². The maximum Gasteiger partial charge on any atom is 0.184 e. The third-order valence-corrected chi connectivity index (χ3v) is 8.49. The van der Waals surface area contributed by atoms with Crippen LogP contribution in [0.4, 0.5) is 0 Å². The SMILES string of the molecule is NCc1ccc(C2OC(CN3CCOCCOCCOCCOCCOCC3)C(c3ccccc3)C(c3ccc(CO)cc3)O2)cc1. The van der Waals surface area contributed by atoms with E-state index in [1.165, 1.54) is 0 Å². The molecule has 0 amide bonds. The van der Waals surface area contributed by atoms with Crippen LogP contribution >= 0.6 is 0 Å². The van der Waals surface area contributed by atoms with E-state index < -0.39 is 6.29 Å². The standard InChI is InChI=1S/C37H50N2O8/c38-26-29-6-12-33(13-7-29)37-46-34(27-39-14-16-41-18-20-43-22-24-45-25-23-44-21-19-42-17-15-39)35(31-4-2-1-3-5-31)36(47-37)32-10-8-30(28-40)9-11-32/h1-13,34-37,40H,14-28,38H2. The molecule has 0 spiro atoms. The van der Waals surface area contributed by atoms with Crippen LogP contribution in [-0.4, -0.2) is 102 Å². The molecule has 4 atom stereocenters. The zero-order valence-corrected chi connectivity index (χ0v) is 27.3. The molecule has 3 aromatic carbocycles. The zero-order chi connectivity index (χ0) is 32.5. The first kappa shape index (κ1) is 35.6. The van der Waals surface area contributed by atoms with Crippen molar-refractivity contribution >= 4 is 0 Å². The molecule has 3 aromatic rings. The van der Waals surface area contributed by atoms with Crippen LogP contribution in [0.2, 0.25) is 0 Å². The van der Waals surface area contributed by atoms with E-state index in [1.54, 1.807) is 0 Å². The number of benzene rings is 3. The normalized spacial score (nSPS) is 25.1. The monoisotopic (exact) mass is 650 g/mol. The lowest BCUT2D eigenvalue weighted by Crippen LogP contribution is -2.46. The molecule has 5 rings (SSSR count). The minimum absolute atomic E-state index is 0.0124. The number of nitrogens with zero attached hydrogens (tertiary/aromatic N) is 1. The highest BCUT2D eigenvalue weighted by Gasteiger charge is 2.42. The summed E-state index contributed by atoms with van der Waals surface area (Å²) in [6.45, 7) is 7.80. The van der Waals surface area contributed by atoms with Crippen molar-refractivity contribution in [2.24, 2.45) is 5.73 Å². The Bertz CT molecular complexity index is 1250. The number of hydrogen-bond donors (Lipinski definition) is 2. The van der Waals surface area contributed by atoms with Gasteiger partial charge in [0.1, 0.15) is 0 Å². The summed E-state index contributed by atoms with van der Waals surface area (Å²) >= 11 is 0. The van der Waals surface area contributed by atoms with Gasteiger partial charge >= 0.3 is 0 Å². The van der Waals surface area contributed by atoms with E-state index in [4.69, 9.17) is 38.9 Å². The van der Waals surface area contributed by atoms with E-state index in [0.29, 0.717) is 92.2 Å². The van der Waals surface area contributed by atoms with Crippen molar-refractivity contribution in [2.45, 2.75) is 37.6 Å². The molecule has 10 heteroatoms. The Labute approximate surface area is 278 Å². The fourth-order valence-corrected chi connectivity index (χ4v) is 5.89. The van der Waals surface area contributed by atoms with Gasteiger partial charge in [-0.2, -0.15) is 0 Å². The summed E-state index contributed by atoms with van der Waals surface area (Å²) in [6, 6.07) is 26.6. The van der Waals surface area contributed by atoms with E-state index in [1.807, 2.05) is 42.5 Å². The van der Waals surface area contributed by atoms with Gasteiger partial charge in [0.2, 0.25) is 0 Å². The van der Waals surface area contributed by atoms with E-state index >= 15 is 0 Å². The summed E-state index contributed by atoms with van der Waals surface area (Å²) in [5, 5.41) is 9.71. The minimum Gasteiger partial charge on any atom is -0.392 e. The molecule has 4 unspecified atom stereocenters. The Morgan fingerprint density at radius 2 is 1.09 bits per heavy atom. The molecule has 47 heavy (non-hydrogen) atoms. The van der Waals surface area contributed by atoms with Crippen molar-refractivity contribution in [3.8, 4) is 0 Å². The predicted molar refractivity (Wildman–Crippen MR) is 178 cm³/mol. The third kappa shape index (κ3) is 11.2. The van der Waals surface area contributed by atoms with Crippen molar-refractivity contribution in [3.63, 3.8) is 0 Å². The summed E-state index contributed by atoms with van der Waals surface area (Å²) in [7, 11) is 0. The summed E-state index contributed by atoms with van der Waals surface area (Å²) < 4.78 is 42.5. The van der Waals surface area contributed by atoms with Gasteiger partial charge in [0, 0.05) is 37.7 Å². The van der Waals surface area contributed by atoms with Gasteiger partial charge in [-0.1, -0.05) is 78.9 Å². The first-order valence-corrected chi connectivity index (χ1v) is 16.7. The molecule has 3 N–H and O–H groups in total. The van der Waals surface area contributed by atoms with Gasteiger partial charge in [0.05, 0.1) is 84.9 Å². The summed E-state index contributed by atoms with van der Waals surface area (Å²) in [5.74, 6) is -0.102. The number of aliphatic hydroxyl groups is 1. The van der Waals surface area contributed by atoms with E-state index in [-0.39, 0.29) is 24.7 Å². The van der Waals surface area contributed by atoms with Crippen molar-refractivity contribution in [1.29, 1.82) is 0 Å². The van der Waals surface area contributed by atoms with Gasteiger partial charge in [-0.25, -0.2) is 0 Å². The molecule has 0 aliphatic carbocycles. The van der Waals surface area contributed by atoms with Gasteiger partial charge in [-0.05, 0) is 22.3 Å². The van der Waals surface area contributed by atoms with Crippen LogP contribution in [0.25, 0.3) is 0 Å². The molecule has 0 radical (unpaired) electrons. The number of aliphatic hydroxyl groups excluding tert-OH is 1. The molecular weight excluding hydrogens is 600 g/mol. The molecule has 2 aliphatic rings. The first-order valence-electron chi connectivity index (χ1n) is 16.7. The molecule has 0 aromatic heterocycles. The lowest BCUT2D eigenvalue weighted by molar-refractivity contribution is -0.263. The Morgan fingerprint density at radius 1 is 0.574 bits per heavy atom. The van der Waals surface area contributed by atoms with Gasteiger partial charge in [0.25, 0.3) is 0 Å². The molecule has 10 nitrogen and oxygen atoms in total. The quantitative estimate of drug-likeness (QED) is 0.390. The van der Waals surface area contributed by atoms with Crippen LogP contribution in [0.5, 0.6) is 0 Å². The van der Waals surface area contributed by atoms with E-state index in [9.17, 15) is 5.11 Å². The first-order chi connectivity index (χ1) is 23.2. The van der Waals surface area contributed by atoms with Gasteiger partial charge < -0.3 is 44.0 Å². The second kappa shape index (κ2) is 19.9. The Kier molecular flexibility index (Phi) is 15.1. The van der Waals surface area contributed by atoms with Crippen LogP contribution < -0.4 is 5.73 Å². The summed E-state index contributed by atoms with van der Waals surface area (Å²) in [6.07, 6.45) is -1.10. The fraction of sp³-hybridized carbons (Fsp3) is 0.514. The maximum atomic E-state index is 9.71. The average Bonchev–Trinajstić information content (AvgIpc) is 3.12. The molecular formula is C37H50N2O8. The van der Waals surface area contributed by atoms with Gasteiger partial charge in [-0.15, -0.1) is 0 Å². The second-order valence-corrected chi connectivity index (χ2v) is 11.7. The third-order valence-electron chi connectivity index (χ3n) is 8.49. The molecule has 0 saturated carbocycles. The number of nitrogens with two attached hydrogens (primary N) is 1. The zero-order valence-electron chi connectivity index (χ0n) is 27.3. The van der Waals surface area contributed by atoms with E-state index in [0.717, 1.165) is 27.8 Å². The summed E-state index contributed by atoms with van der Waals surface area (Å²) in [4.78, 5) is 2.35. The lowest BCUT2D eigenvalue weighted by atomic mass is 9.83. The van der Waals surface area contributed by atoms with Crippen LogP contribution in [0.3, 0.4) is 0 Å². The Balaban J connectivity index is 1.40. The molecule has 0 bridgehead atoms.